The molecule has 2 N–H and O–H groups in total. The molecule has 1 rings (SSSR count). The first-order chi connectivity index (χ1) is 12.2. The molecule has 6 nitrogen and oxygen atoms in total. The number of hydrogen-bond donors (Lipinski definition) is 2. The minimum Gasteiger partial charge on any atom is -0.494 e. The van der Waals surface area contributed by atoms with Crippen molar-refractivity contribution in [3.05, 3.63) is 24.3 Å². The number of benzene rings is 1. The van der Waals surface area contributed by atoms with Gasteiger partial charge in [-0.2, -0.15) is 0 Å². The second-order valence-corrected chi connectivity index (χ2v) is 9.76. The molecular formula is C19H32N2O4S. The van der Waals surface area contributed by atoms with Gasteiger partial charge in [0.15, 0.2) is 0 Å². The maximum absolute atomic E-state index is 11.9. The average Bonchev–Trinajstić information content (AvgIpc) is 2.55. The number of nitrogens with one attached hydrogen (secondary N) is 2. The average molecular weight is 385 g/mol. The summed E-state index contributed by atoms with van der Waals surface area (Å²) in [6.45, 7) is 8.12. The molecule has 0 unspecified atom stereocenters. The van der Waals surface area contributed by atoms with Gasteiger partial charge >= 0.3 is 0 Å². The summed E-state index contributed by atoms with van der Waals surface area (Å²) in [5.74, 6) is 0.714. The van der Waals surface area contributed by atoms with Crippen LogP contribution in [0.15, 0.2) is 24.3 Å². The first-order valence-electron chi connectivity index (χ1n) is 9.17. The molecule has 0 fully saturated rings. The highest BCUT2D eigenvalue weighted by molar-refractivity contribution is 7.90. The normalized spacial score (nSPS) is 12.0. The number of ether oxygens (including phenoxy) is 1. The molecule has 0 heterocycles. The van der Waals surface area contributed by atoms with E-state index in [1.165, 1.54) is 0 Å². The second kappa shape index (κ2) is 10.5. The van der Waals surface area contributed by atoms with Gasteiger partial charge in [0.1, 0.15) is 5.75 Å². The molecule has 0 spiro atoms. The quantitative estimate of drug-likeness (QED) is 0.570. The van der Waals surface area contributed by atoms with Gasteiger partial charge in [-0.1, -0.05) is 13.3 Å². The smallest absolute Gasteiger partial charge is 0.224 e. The van der Waals surface area contributed by atoms with Crippen molar-refractivity contribution in [2.75, 3.05) is 18.5 Å². The Balaban J connectivity index is 2.26. The third-order valence-corrected chi connectivity index (χ3v) is 6.03. The number of rotatable bonds is 11. The summed E-state index contributed by atoms with van der Waals surface area (Å²) in [6, 6.07) is 7.31. The van der Waals surface area contributed by atoms with E-state index < -0.39 is 14.8 Å². The number of sulfonamides is 1. The summed E-state index contributed by atoms with van der Waals surface area (Å²) in [5.41, 5.74) is 0.728. The molecule has 0 bridgehead atoms. The lowest BCUT2D eigenvalue weighted by atomic mass is 10.2. The number of unbranched alkanes of at least 4 members (excludes halogenated alkanes) is 2. The second-order valence-electron chi connectivity index (χ2n) is 7.24. The molecule has 0 aromatic heterocycles. The zero-order valence-electron chi connectivity index (χ0n) is 16.3. The van der Waals surface area contributed by atoms with Gasteiger partial charge in [-0.25, -0.2) is 13.1 Å². The van der Waals surface area contributed by atoms with E-state index in [2.05, 4.69) is 17.0 Å². The first-order valence-corrected chi connectivity index (χ1v) is 10.7. The van der Waals surface area contributed by atoms with Crippen LogP contribution >= 0.6 is 0 Å². The van der Waals surface area contributed by atoms with E-state index in [0.717, 1.165) is 24.3 Å². The predicted molar refractivity (Wildman–Crippen MR) is 106 cm³/mol. The third-order valence-electron chi connectivity index (χ3n) is 3.83. The van der Waals surface area contributed by atoms with Crippen LogP contribution in [0.2, 0.25) is 0 Å². The molecule has 0 aliphatic rings. The van der Waals surface area contributed by atoms with Gasteiger partial charge in [0.25, 0.3) is 0 Å². The van der Waals surface area contributed by atoms with Gasteiger partial charge < -0.3 is 10.1 Å². The Kier molecular flexibility index (Phi) is 9.08. The predicted octanol–water partition coefficient (Wildman–Crippen LogP) is 3.69. The van der Waals surface area contributed by atoms with E-state index in [1.807, 2.05) is 24.3 Å². The van der Waals surface area contributed by atoms with Gasteiger partial charge in [-0.05, 0) is 64.3 Å². The highest BCUT2D eigenvalue weighted by Gasteiger charge is 2.27. The maximum Gasteiger partial charge on any atom is 0.224 e. The lowest BCUT2D eigenvalue weighted by Crippen LogP contribution is -2.39. The summed E-state index contributed by atoms with van der Waals surface area (Å²) in [7, 11) is -3.32. The first kappa shape index (κ1) is 22.4. The fourth-order valence-electron chi connectivity index (χ4n) is 2.03. The van der Waals surface area contributed by atoms with Crippen LogP contribution < -0.4 is 14.8 Å². The van der Waals surface area contributed by atoms with E-state index in [1.54, 1.807) is 20.8 Å². The molecule has 0 atom stereocenters. The van der Waals surface area contributed by atoms with Crippen LogP contribution in [0.4, 0.5) is 5.69 Å². The molecule has 0 saturated heterocycles. The lowest BCUT2D eigenvalue weighted by Gasteiger charge is -2.19. The summed E-state index contributed by atoms with van der Waals surface area (Å²) < 4.78 is 31.1. The zero-order chi connectivity index (χ0) is 19.6. The van der Waals surface area contributed by atoms with Crippen LogP contribution in [0.3, 0.4) is 0 Å². The van der Waals surface area contributed by atoms with Crippen molar-refractivity contribution in [2.45, 2.75) is 64.5 Å². The van der Waals surface area contributed by atoms with E-state index >= 15 is 0 Å². The Morgan fingerprint density at radius 2 is 1.73 bits per heavy atom. The number of anilines is 1. The molecule has 1 aromatic rings. The fourth-order valence-corrected chi connectivity index (χ4v) is 2.87. The minimum absolute atomic E-state index is 0.0803. The van der Waals surface area contributed by atoms with Crippen LogP contribution in [0.1, 0.15) is 59.8 Å². The maximum atomic E-state index is 11.9. The van der Waals surface area contributed by atoms with Crippen LogP contribution in [0.5, 0.6) is 5.75 Å². The monoisotopic (exact) mass is 384 g/mol. The Morgan fingerprint density at radius 1 is 1.08 bits per heavy atom. The van der Waals surface area contributed by atoms with Gasteiger partial charge in [0, 0.05) is 18.7 Å². The van der Waals surface area contributed by atoms with Crippen molar-refractivity contribution in [2.24, 2.45) is 0 Å². The molecular weight excluding hydrogens is 352 g/mol. The summed E-state index contributed by atoms with van der Waals surface area (Å²) in [5, 5.41) is 2.83. The Bertz CT molecular complexity index is 649. The van der Waals surface area contributed by atoms with E-state index in [-0.39, 0.29) is 5.91 Å². The zero-order valence-corrected chi connectivity index (χ0v) is 17.1. The lowest BCUT2D eigenvalue weighted by molar-refractivity contribution is -0.116. The molecule has 0 saturated carbocycles. The van der Waals surface area contributed by atoms with Crippen molar-refractivity contribution in [3.8, 4) is 5.75 Å². The molecule has 1 aromatic carbocycles. The van der Waals surface area contributed by atoms with Crippen molar-refractivity contribution in [1.29, 1.82) is 0 Å². The van der Waals surface area contributed by atoms with Gasteiger partial charge in [-0.15, -0.1) is 0 Å². The van der Waals surface area contributed by atoms with Crippen LogP contribution in [0, 0.1) is 0 Å². The summed E-state index contributed by atoms with van der Waals surface area (Å²) >= 11 is 0. The Morgan fingerprint density at radius 3 is 2.31 bits per heavy atom. The SMILES string of the molecule is CCCCOc1ccc(NC(=O)CCCCNS(=O)(=O)C(C)(C)C)cc1. The van der Waals surface area contributed by atoms with Gasteiger partial charge in [0.2, 0.25) is 15.9 Å². The number of carbonyl (C=O) groups excluding carboxylic acids is 1. The van der Waals surface area contributed by atoms with E-state index in [9.17, 15) is 13.2 Å². The van der Waals surface area contributed by atoms with E-state index in [0.29, 0.717) is 32.4 Å². The van der Waals surface area contributed by atoms with Crippen LogP contribution in [-0.4, -0.2) is 32.2 Å². The Hall–Kier alpha value is -1.60. The molecule has 0 radical (unpaired) electrons. The Labute approximate surface area is 157 Å². The van der Waals surface area contributed by atoms with Gasteiger partial charge in [0.05, 0.1) is 11.4 Å². The third kappa shape index (κ3) is 8.19. The minimum atomic E-state index is -3.32. The fraction of sp³-hybridized carbons (Fsp3) is 0.632. The van der Waals surface area contributed by atoms with Crippen LogP contribution in [0.25, 0.3) is 0 Å². The number of carbonyl (C=O) groups is 1. The van der Waals surface area contributed by atoms with Crippen molar-refractivity contribution >= 4 is 21.6 Å². The topological polar surface area (TPSA) is 84.5 Å². The summed E-state index contributed by atoms with van der Waals surface area (Å²) in [4.78, 5) is 11.9. The molecule has 0 aliphatic carbocycles. The van der Waals surface area contributed by atoms with Crippen molar-refractivity contribution < 1.29 is 17.9 Å². The number of hydrogen-bond acceptors (Lipinski definition) is 4. The highest BCUT2D eigenvalue weighted by Crippen LogP contribution is 2.16. The molecule has 7 heteroatoms. The molecule has 26 heavy (non-hydrogen) atoms. The molecule has 1 amide bonds. The highest BCUT2D eigenvalue weighted by atomic mass is 32.2. The molecule has 148 valence electrons. The number of amides is 1. The molecule has 0 aliphatic heterocycles. The van der Waals surface area contributed by atoms with E-state index in [4.69, 9.17) is 4.74 Å². The van der Waals surface area contributed by atoms with Crippen LogP contribution in [-0.2, 0) is 14.8 Å². The standard InChI is InChI=1S/C19H32N2O4S/c1-5-6-15-25-17-12-10-16(11-13-17)21-18(22)9-7-8-14-20-26(23,24)19(2,3)4/h10-13,20H,5-9,14-15H2,1-4H3,(H,21,22). The van der Waals surface area contributed by atoms with Crippen molar-refractivity contribution in [1.82, 2.24) is 4.72 Å². The largest absolute Gasteiger partial charge is 0.494 e. The van der Waals surface area contributed by atoms with Gasteiger partial charge in [-0.3, -0.25) is 4.79 Å². The summed E-state index contributed by atoms with van der Waals surface area (Å²) in [6.07, 6.45) is 3.70. The van der Waals surface area contributed by atoms with Crippen molar-refractivity contribution in [3.63, 3.8) is 0 Å².